The molecule has 0 spiro atoms. The number of hydrogen-bond acceptors (Lipinski definition) is 4. The smallest absolute Gasteiger partial charge is 0.337 e. The number of fused-ring (bicyclic) bond motifs is 4. The average molecular weight is 522 g/mol. The van der Waals surface area contributed by atoms with Crippen LogP contribution >= 0.6 is 0 Å². The molecule has 8 heteroatoms. The Morgan fingerprint density at radius 3 is 2.76 bits per heavy atom. The van der Waals surface area contributed by atoms with Crippen LogP contribution in [0.25, 0.3) is 33.3 Å². The number of alkyl halides is 2. The molecule has 2 aromatic carbocycles. The third-order valence-electron chi connectivity index (χ3n) is 8.14. The molecule has 1 saturated heterocycles. The van der Waals surface area contributed by atoms with Crippen LogP contribution in [-0.4, -0.2) is 45.8 Å². The molecule has 6 nitrogen and oxygen atoms in total. The number of methoxy groups -OCH3 is 1. The second-order valence-corrected chi connectivity index (χ2v) is 10.5. The fraction of sp³-hybridized carbons (Fsp3) is 0.467. The van der Waals surface area contributed by atoms with E-state index < -0.39 is 11.9 Å². The molecule has 3 heterocycles. The first kappa shape index (κ1) is 25.0. The SMILES string of the molecule is CCn1c2c(c3cc(-c4nc5cc(C(=O)OC)ccc5n4CCC4CCCCO4)ccc31)CC(F)(F)CC2. The Labute approximate surface area is 220 Å². The molecular formula is C30H33F2N3O3. The maximum Gasteiger partial charge on any atom is 0.337 e. The first-order valence-electron chi connectivity index (χ1n) is 13.6. The zero-order valence-corrected chi connectivity index (χ0v) is 21.9. The number of esters is 1. The van der Waals surface area contributed by atoms with E-state index >= 15 is 0 Å². The number of carbonyl (C=O) groups is 1. The van der Waals surface area contributed by atoms with E-state index in [1.165, 1.54) is 13.5 Å². The molecule has 1 aliphatic carbocycles. The minimum Gasteiger partial charge on any atom is -0.465 e. The second-order valence-electron chi connectivity index (χ2n) is 10.5. The van der Waals surface area contributed by atoms with E-state index in [-0.39, 0.29) is 18.9 Å². The van der Waals surface area contributed by atoms with Crippen molar-refractivity contribution >= 4 is 27.9 Å². The number of ether oxygens (including phenoxy) is 2. The molecular weight excluding hydrogens is 488 g/mol. The Morgan fingerprint density at radius 1 is 1.16 bits per heavy atom. The van der Waals surface area contributed by atoms with Crippen LogP contribution in [0.1, 0.15) is 60.6 Å². The lowest BCUT2D eigenvalue weighted by atomic mass is 9.92. The van der Waals surface area contributed by atoms with E-state index in [0.717, 1.165) is 71.5 Å². The van der Waals surface area contributed by atoms with E-state index in [0.29, 0.717) is 24.0 Å². The van der Waals surface area contributed by atoms with Crippen molar-refractivity contribution in [2.45, 2.75) is 77.0 Å². The molecule has 0 bridgehead atoms. The van der Waals surface area contributed by atoms with E-state index in [2.05, 4.69) is 16.1 Å². The van der Waals surface area contributed by atoms with E-state index in [1.807, 2.05) is 24.3 Å². The first-order chi connectivity index (χ1) is 18.4. The van der Waals surface area contributed by atoms with Crippen molar-refractivity contribution in [2.24, 2.45) is 0 Å². The van der Waals surface area contributed by atoms with Gasteiger partial charge in [0.15, 0.2) is 0 Å². The number of benzene rings is 2. The monoisotopic (exact) mass is 521 g/mol. The molecule has 1 atom stereocenters. The van der Waals surface area contributed by atoms with Crippen molar-refractivity contribution in [3.8, 4) is 11.4 Å². The van der Waals surface area contributed by atoms with Crippen molar-refractivity contribution in [1.29, 1.82) is 0 Å². The van der Waals surface area contributed by atoms with Crippen LogP contribution in [0.3, 0.4) is 0 Å². The summed E-state index contributed by atoms with van der Waals surface area (Å²) in [6, 6.07) is 11.5. The van der Waals surface area contributed by atoms with Gasteiger partial charge in [0.05, 0.1) is 29.8 Å². The summed E-state index contributed by atoms with van der Waals surface area (Å²) in [5.74, 6) is -2.33. The van der Waals surface area contributed by atoms with Crippen LogP contribution in [0.4, 0.5) is 8.78 Å². The molecule has 0 radical (unpaired) electrons. The summed E-state index contributed by atoms with van der Waals surface area (Å²) in [4.78, 5) is 17.1. The van der Waals surface area contributed by atoms with Gasteiger partial charge >= 0.3 is 5.97 Å². The lowest BCUT2D eigenvalue weighted by Crippen LogP contribution is -2.26. The largest absolute Gasteiger partial charge is 0.465 e. The second kappa shape index (κ2) is 9.80. The van der Waals surface area contributed by atoms with Gasteiger partial charge in [-0.1, -0.05) is 0 Å². The topological polar surface area (TPSA) is 58.3 Å². The fourth-order valence-corrected chi connectivity index (χ4v) is 6.24. The number of imidazole rings is 1. The molecule has 0 N–H and O–H groups in total. The van der Waals surface area contributed by atoms with Crippen molar-refractivity contribution in [3.63, 3.8) is 0 Å². The number of rotatable bonds is 6. The quantitative estimate of drug-likeness (QED) is 0.270. The summed E-state index contributed by atoms with van der Waals surface area (Å²) in [5, 5.41) is 0.878. The van der Waals surface area contributed by atoms with Crippen molar-refractivity contribution in [3.05, 3.63) is 53.2 Å². The van der Waals surface area contributed by atoms with Crippen LogP contribution in [-0.2, 0) is 35.4 Å². The fourth-order valence-electron chi connectivity index (χ4n) is 6.24. The maximum absolute atomic E-state index is 14.5. The Bertz CT molecular complexity index is 1510. The summed E-state index contributed by atoms with van der Waals surface area (Å²) in [6.45, 7) is 4.31. The number of aryl methyl sites for hydroxylation is 2. The average Bonchev–Trinajstić information content (AvgIpc) is 3.45. The molecule has 200 valence electrons. The number of carbonyl (C=O) groups excluding carboxylic acids is 1. The Hall–Kier alpha value is -3.26. The normalized spacial score (nSPS) is 19.1. The maximum atomic E-state index is 14.5. The van der Waals surface area contributed by atoms with Crippen LogP contribution < -0.4 is 0 Å². The highest BCUT2D eigenvalue weighted by molar-refractivity contribution is 5.95. The van der Waals surface area contributed by atoms with Crippen LogP contribution in [0.5, 0.6) is 0 Å². The van der Waals surface area contributed by atoms with E-state index in [1.54, 1.807) is 12.1 Å². The molecule has 0 amide bonds. The van der Waals surface area contributed by atoms with Gasteiger partial charge in [0.1, 0.15) is 5.82 Å². The van der Waals surface area contributed by atoms with E-state index in [4.69, 9.17) is 14.5 Å². The standard InChI is InChI=1S/C30H33F2N3O3/c1-3-34-25-9-7-19(16-22(25)23-18-30(31,32)13-11-26(23)34)28-33-24-17-20(29(36)37-2)8-10-27(24)35(28)14-12-21-6-4-5-15-38-21/h7-10,16-17,21H,3-6,11-15,18H2,1-2H3. The first-order valence-corrected chi connectivity index (χ1v) is 13.6. The van der Waals surface area contributed by atoms with Crippen LogP contribution in [0.2, 0.25) is 0 Å². The van der Waals surface area contributed by atoms with Crippen LogP contribution in [0.15, 0.2) is 36.4 Å². The molecule has 0 saturated carbocycles. The highest BCUT2D eigenvalue weighted by Gasteiger charge is 2.37. The minimum atomic E-state index is -2.69. The lowest BCUT2D eigenvalue weighted by Gasteiger charge is -2.23. The number of nitrogens with zero attached hydrogens (tertiary/aromatic N) is 3. The van der Waals surface area contributed by atoms with Crippen LogP contribution in [0, 0.1) is 0 Å². The third kappa shape index (κ3) is 4.38. The van der Waals surface area contributed by atoms with E-state index in [9.17, 15) is 13.6 Å². The zero-order valence-electron chi connectivity index (χ0n) is 21.9. The number of halogens is 2. The minimum absolute atomic E-state index is 0.106. The number of hydrogen-bond donors (Lipinski definition) is 0. The lowest BCUT2D eigenvalue weighted by molar-refractivity contribution is -0.0125. The van der Waals surface area contributed by atoms with Gasteiger partial charge in [-0.05, 0) is 81.0 Å². The summed E-state index contributed by atoms with van der Waals surface area (Å²) in [7, 11) is 1.36. The van der Waals surface area contributed by atoms with Gasteiger partial charge in [0.2, 0.25) is 0 Å². The van der Waals surface area contributed by atoms with Gasteiger partial charge in [0, 0.05) is 54.7 Å². The molecule has 1 unspecified atom stereocenters. The summed E-state index contributed by atoms with van der Waals surface area (Å²) in [6.07, 6.45) is 4.43. The molecule has 2 aromatic heterocycles. The predicted octanol–water partition coefficient (Wildman–Crippen LogP) is 6.55. The summed E-state index contributed by atoms with van der Waals surface area (Å²) < 4.78 is 44.2. The third-order valence-corrected chi connectivity index (χ3v) is 8.14. The number of aromatic nitrogens is 3. The molecule has 4 aromatic rings. The molecule has 1 aliphatic heterocycles. The van der Waals surface area contributed by atoms with Crippen molar-refractivity contribution < 1.29 is 23.0 Å². The van der Waals surface area contributed by atoms with Gasteiger partial charge in [-0.15, -0.1) is 0 Å². The molecule has 1 fully saturated rings. The van der Waals surface area contributed by atoms with Gasteiger partial charge in [0.25, 0.3) is 5.92 Å². The Balaban J connectivity index is 1.47. The van der Waals surface area contributed by atoms with Crippen molar-refractivity contribution in [2.75, 3.05) is 13.7 Å². The van der Waals surface area contributed by atoms with Gasteiger partial charge in [-0.25, -0.2) is 18.6 Å². The molecule has 2 aliphatic rings. The van der Waals surface area contributed by atoms with Gasteiger partial charge < -0.3 is 18.6 Å². The van der Waals surface area contributed by atoms with Crippen molar-refractivity contribution in [1.82, 2.24) is 14.1 Å². The Morgan fingerprint density at radius 2 is 2.00 bits per heavy atom. The summed E-state index contributed by atoms with van der Waals surface area (Å²) >= 11 is 0. The highest BCUT2D eigenvalue weighted by Crippen LogP contribution is 2.40. The highest BCUT2D eigenvalue weighted by atomic mass is 19.3. The zero-order chi connectivity index (χ0) is 26.4. The Kier molecular flexibility index (Phi) is 6.46. The summed E-state index contributed by atoms with van der Waals surface area (Å²) in [5.41, 5.74) is 5.71. The molecule has 38 heavy (non-hydrogen) atoms. The molecule has 6 rings (SSSR count). The van der Waals surface area contributed by atoms with Gasteiger partial charge in [-0.3, -0.25) is 0 Å². The van der Waals surface area contributed by atoms with Gasteiger partial charge in [-0.2, -0.15) is 0 Å². The predicted molar refractivity (Wildman–Crippen MR) is 143 cm³/mol.